The highest BCUT2D eigenvalue weighted by Crippen LogP contribution is 2.30. The largest absolute Gasteiger partial charge is 0.391 e. The Hall–Kier alpha value is -1.85. The van der Waals surface area contributed by atoms with Crippen LogP contribution >= 0.6 is 22.6 Å². The number of carbonyl (C=O) groups is 1. The van der Waals surface area contributed by atoms with Gasteiger partial charge >= 0.3 is 0 Å². The van der Waals surface area contributed by atoms with Gasteiger partial charge in [-0.05, 0) is 71.7 Å². The van der Waals surface area contributed by atoms with Gasteiger partial charge in [-0.1, -0.05) is 13.8 Å². The van der Waals surface area contributed by atoms with Crippen molar-refractivity contribution in [3.8, 4) is 0 Å². The highest BCUT2D eigenvalue weighted by molar-refractivity contribution is 14.1. The zero-order valence-electron chi connectivity index (χ0n) is 16.2. The molecule has 5 nitrogen and oxygen atoms in total. The molecule has 0 aliphatic carbocycles. The van der Waals surface area contributed by atoms with Gasteiger partial charge in [0.15, 0.2) is 17.5 Å². The molecule has 0 spiro atoms. The number of rotatable bonds is 8. The molecule has 2 aromatic rings. The van der Waals surface area contributed by atoms with Crippen molar-refractivity contribution < 1.29 is 27.9 Å². The van der Waals surface area contributed by atoms with Gasteiger partial charge in [0, 0.05) is 9.26 Å². The van der Waals surface area contributed by atoms with Crippen LogP contribution in [-0.4, -0.2) is 23.7 Å². The first-order valence-electron chi connectivity index (χ1n) is 8.91. The first kappa shape index (κ1) is 23.4. The highest BCUT2D eigenvalue weighted by atomic mass is 127. The van der Waals surface area contributed by atoms with Crippen LogP contribution in [-0.2, 0) is 4.84 Å². The van der Waals surface area contributed by atoms with Crippen molar-refractivity contribution in [3.05, 3.63) is 56.4 Å². The molecule has 2 rings (SSSR count). The van der Waals surface area contributed by atoms with Crippen molar-refractivity contribution in [3.63, 3.8) is 0 Å². The first-order chi connectivity index (χ1) is 13.6. The number of amides is 1. The summed E-state index contributed by atoms with van der Waals surface area (Å²) in [4.78, 5) is 17.3. The maximum Gasteiger partial charge on any atom is 0.277 e. The minimum absolute atomic E-state index is 0.199. The highest BCUT2D eigenvalue weighted by Gasteiger charge is 2.24. The van der Waals surface area contributed by atoms with Gasteiger partial charge in [-0.3, -0.25) is 9.63 Å². The number of hydroxylamine groups is 1. The van der Waals surface area contributed by atoms with E-state index < -0.39 is 40.7 Å². The lowest BCUT2D eigenvalue weighted by Gasteiger charge is -2.17. The van der Waals surface area contributed by atoms with Crippen molar-refractivity contribution in [2.75, 3.05) is 11.9 Å². The number of aliphatic hydroxyl groups excluding tert-OH is 1. The van der Waals surface area contributed by atoms with E-state index in [-0.39, 0.29) is 12.5 Å². The van der Waals surface area contributed by atoms with E-state index in [1.807, 2.05) is 19.3 Å². The lowest BCUT2D eigenvalue weighted by atomic mass is 10.1. The number of hydrogen-bond donors (Lipinski definition) is 3. The summed E-state index contributed by atoms with van der Waals surface area (Å²) in [5.41, 5.74) is 2.19. The molecule has 3 N–H and O–H groups in total. The minimum atomic E-state index is -1.69. The zero-order chi connectivity index (χ0) is 21.7. The molecule has 0 fully saturated rings. The second-order valence-corrected chi connectivity index (χ2v) is 8.26. The fourth-order valence-electron chi connectivity index (χ4n) is 2.67. The molecule has 0 aliphatic rings. The van der Waals surface area contributed by atoms with E-state index in [4.69, 9.17) is 4.84 Å². The van der Waals surface area contributed by atoms with Crippen LogP contribution in [0.5, 0.6) is 0 Å². The molecule has 0 radical (unpaired) electrons. The maximum absolute atomic E-state index is 14.4. The summed E-state index contributed by atoms with van der Waals surface area (Å²) in [5.74, 6) is -5.48. The van der Waals surface area contributed by atoms with Gasteiger partial charge in [-0.15, -0.1) is 0 Å². The maximum atomic E-state index is 14.4. The third-order valence-electron chi connectivity index (χ3n) is 4.04. The Labute approximate surface area is 180 Å². The molecule has 0 saturated carbocycles. The van der Waals surface area contributed by atoms with Gasteiger partial charge in [-0.25, -0.2) is 18.7 Å². The molecule has 1 amide bonds. The van der Waals surface area contributed by atoms with E-state index in [0.717, 1.165) is 9.13 Å². The van der Waals surface area contributed by atoms with E-state index in [2.05, 4.69) is 27.9 Å². The molecule has 0 aliphatic heterocycles. The van der Waals surface area contributed by atoms with Crippen LogP contribution in [0.1, 0.15) is 36.2 Å². The summed E-state index contributed by atoms with van der Waals surface area (Å²) < 4.78 is 42.9. The van der Waals surface area contributed by atoms with E-state index in [1.54, 1.807) is 25.1 Å². The lowest BCUT2D eigenvalue weighted by molar-refractivity contribution is -0.0181. The fraction of sp³-hybridized carbons (Fsp3) is 0.350. The number of nitrogens with one attached hydrogen (secondary N) is 2. The molecule has 1 unspecified atom stereocenters. The first-order valence-corrected chi connectivity index (χ1v) is 9.98. The molecular formula is C20H22F3IN2O3. The number of anilines is 2. The molecule has 1 atom stereocenters. The smallest absolute Gasteiger partial charge is 0.277 e. The average molecular weight is 522 g/mol. The number of aliphatic hydroxyl groups is 1. The Morgan fingerprint density at radius 3 is 2.52 bits per heavy atom. The molecule has 2 aromatic carbocycles. The Morgan fingerprint density at radius 1 is 1.21 bits per heavy atom. The second-order valence-electron chi connectivity index (χ2n) is 7.02. The monoisotopic (exact) mass is 522 g/mol. The quantitative estimate of drug-likeness (QED) is 0.264. The van der Waals surface area contributed by atoms with Crippen LogP contribution < -0.4 is 10.8 Å². The zero-order valence-corrected chi connectivity index (χ0v) is 18.3. The van der Waals surface area contributed by atoms with Gasteiger partial charge in [-0.2, -0.15) is 0 Å². The van der Waals surface area contributed by atoms with Crippen LogP contribution in [0.2, 0.25) is 0 Å². The van der Waals surface area contributed by atoms with Crippen molar-refractivity contribution in [1.29, 1.82) is 0 Å². The summed E-state index contributed by atoms with van der Waals surface area (Å²) in [6, 6.07) is 5.77. The number of aryl methyl sites for hydroxylation is 1. The minimum Gasteiger partial charge on any atom is -0.391 e. The van der Waals surface area contributed by atoms with Gasteiger partial charge < -0.3 is 10.4 Å². The fourth-order valence-corrected chi connectivity index (χ4v) is 3.32. The van der Waals surface area contributed by atoms with Crippen LogP contribution in [0.25, 0.3) is 0 Å². The van der Waals surface area contributed by atoms with E-state index in [1.165, 1.54) is 0 Å². The van der Waals surface area contributed by atoms with Crippen LogP contribution in [0.15, 0.2) is 24.3 Å². The summed E-state index contributed by atoms with van der Waals surface area (Å²) in [6.07, 6.45) is -0.363. The van der Waals surface area contributed by atoms with Crippen molar-refractivity contribution in [2.24, 2.45) is 5.92 Å². The molecular weight excluding hydrogens is 500 g/mol. The second kappa shape index (κ2) is 10.3. The van der Waals surface area contributed by atoms with E-state index >= 15 is 0 Å². The van der Waals surface area contributed by atoms with E-state index in [0.29, 0.717) is 18.2 Å². The Morgan fingerprint density at radius 2 is 1.90 bits per heavy atom. The van der Waals surface area contributed by atoms with Crippen molar-refractivity contribution >= 4 is 39.9 Å². The standard InChI is InChI=1S/C20H22F3IN2O3/c1-10(2)6-13(27)9-29-26-20(28)14-8-15(21)17(22)18(23)19(14)25-16-5-4-12(24)7-11(16)3/h4-5,7-8,10,13,25,27H,6,9H2,1-3H3,(H,26,28). The van der Waals surface area contributed by atoms with Crippen molar-refractivity contribution in [2.45, 2.75) is 33.3 Å². The van der Waals surface area contributed by atoms with Gasteiger partial charge in [0.1, 0.15) is 6.61 Å². The number of halogens is 4. The Kier molecular flexibility index (Phi) is 8.29. The molecule has 29 heavy (non-hydrogen) atoms. The van der Waals surface area contributed by atoms with Gasteiger partial charge in [0.05, 0.1) is 17.4 Å². The molecule has 158 valence electrons. The number of benzene rings is 2. The topological polar surface area (TPSA) is 70.6 Å². The summed E-state index contributed by atoms with van der Waals surface area (Å²) in [6.45, 7) is 5.38. The average Bonchev–Trinajstić information content (AvgIpc) is 2.63. The number of carbonyl (C=O) groups excluding carboxylic acids is 1. The predicted octanol–water partition coefficient (Wildman–Crippen LogP) is 4.83. The SMILES string of the molecule is Cc1cc(I)ccc1Nc1c(C(=O)NOCC(O)CC(C)C)cc(F)c(F)c1F. The third kappa shape index (κ3) is 6.31. The van der Waals surface area contributed by atoms with E-state index in [9.17, 15) is 23.1 Å². The van der Waals surface area contributed by atoms with Crippen LogP contribution in [0.4, 0.5) is 24.5 Å². The lowest BCUT2D eigenvalue weighted by Crippen LogP contribution is -2.30. The molecule has 9 heteroatoms. The summed E-state index contributed by atoms with van der Waals surface area (Å²) in [5, 5.41) is 12.4. The summed E-state index contributed by atoms with van der Waals surface area (Å²) in [7, 11) is 0. The van der Waals surface area contributed by atoms with Crippen LogP contribution in [0.3, 0.4) is 0 Å². The Balaban J connectivity index is 2.25. The third-order valence-corrected chi connectivity index (χ3v) is 4.71. The van der Waals surface area contributed by atoms with Crippen LogP contribution in [0, 0.1) is 33.9 Å². The van der Waals surface area contributed by atoms with Crippen molar-refractivity contribution in [1.82, 2.24) is 5.48 Å². The normalized spacial score (nSPS) is 12.2. The molecule has 0 saturated heterocycles. The predicted molar refractivity (Wildman–Crippen MR) is 112 cm³/mol. The summed E-state index contributed by atoms with van der Waals surface area (Å²) >= 11 is 2.10. The molecule has 0 bridgehead atoms. The Bertz CT molecular complexity index is 894. The van der Waals surface area contributed by atoms with Gasteiger partial charge in [0.2, 0.25) is 0 Å². The molecule has 0 aromatic heterocycles. The number of hydrogen-bond acceptors (Lipinski definition) is 4. The van der Waals surface area contributed by atoms with Gasteiger partial charge in [0.25, 0.3) is 5.91 Å². The molecule has 0 heterocycles.